The van der Waals surface area contributed by atoms with Crippen molar-refractivity contribution in [2.75, 3.05) is 13.1 Å². The van der Waals surface area contributed by atoms with E-state index in [2.05, 4.69) is 24.8 Å². The molecule has 0 aliphatic carbocycles. The lowest BCUT2D eigenvalue weighted by Gasteiger charge is -2.34. The Kier molecular flexibility index (Phi) is 4.99. The first-order valence-corrected chi connectivity index (χ1v) is 6.35. The zero-order valence-electron chi connectivity index (χ0n) is 10.7. The van der Waals surface area contributed by atoms with E-state index in [9.17, 15) is 5.26 Å². The second kappa shape index (κ2) is 6.05. The van der Waals surface area contributed by atoms with Crippen molar-refractivity contribution in [3.63, 3.8) is 0 Å². The van der Waals surface area contributed by atoms with Crippen LogP contribution in [0.25, 0.3) is 0 Å². The molecule has 1 aromatic carbocycles. The second-order valence-electron chi connectivity index (χ2n) is 4.33. The molecular weight excluding hydrogens is 232 g/mol. The van der Waals surface area contributed by atoms with Crippen LogP contribution >= 0.6 is 11.6 Å². The Labute approximate surface area is 109 Å². The molecule has 3 heteroatoms. The fourth-order valence-electron chi connectivity index (χ4n) is 2.16. The van der Waals surface area contributed by atoms with Crippen molar-refractivity contribution in [3.8, 4) is 6.07 Å². The Morgan fingerprint density at radius 3 is 2.35 bits per heavy atom. The van der Waals surface area contributed by atoms with Crippen LogP contribution in [0.1, 0.15) is 26.3 Å². The number of nitrogens with zero attached hydrogens (tertiary/aromatic N) is 2. The molecular formula is C14H19ClN2. The fraction of sp³-hybridized carbons (Fsp3) is 0.500. The lowest BCUT2D eigenvalue weighted by atomic mass is 9.92. The number of hydrogen-bond acceptors (Lipinski definition) is 2. The summed E-state index contributed by atoms with van der Waals surface area (Å²) in [5, 5.41) is 10.2. The fourth-order valence-corrected chi connectivity index (χ4v) is 2.36. The van der Waals surface area contributed by atoms with Crippen molar-refractivity contribution in [2.24, 2.45) is 0 Å². The van der Waals surface area contributed by atoms with Crippen molar-refractivity contribution in [1.29, 1.82) is 5.26 Å². The Hall–Kier alpha value is -1.04. The van der Waals surface area contributed by atoms with Crippen molar-refractivity contribution in [3.05, 3.63) is 34.9 Å². The smallest absolute Gasteiger partial charge is 0.110 e. The predicted octanol–water partition coefficient (Wildman–Crippen LogP) is 3.51. The number of hydrogen-bond donors (Lipinski definition) is 0. The van der Waals surface area contributed by atoms with E-state index in [4.69, 9.17) is 11.6 Å². The normalized spacial score (nSPS) is 14.4. The molecule has 0 saturated carbocycles. The monoisotopic (exact) mass is 250 g/mol. The second-order valence-corrected chi connectivity index (χ2v) is 4.73. The van der Waals surface area contributed by atoms with E-state index in [1.165, 1.54) is 0 Å². The van der Waals surface area contributed by atoms with E-state index in [0.717, 1.165) is 23.7 Å². The highest BCUT2D eigenvalue weighted by molar-refractivity contribution is 6.31. The first-order chi connectivity index (χ1) is 8.07. The van der Waals surface area contributed by atoms with Crippen molar-refractivity contribution < 1.29 is 0 Å². The summed E-state index contributed by atoms with van der Waals surface area (Å²) < 4.78 is 0. The maximum atomic E-state index is 9.44. The van der Waals surface area contributed by atoms with Crippen LogP contribution in [-0.2, 0) is 6.42 Å². The van der Waals surface area contributed by atoms with Crippen molar-refractivity contribution >= 4 is 11.6 Å². The molecule has 0 N–H and O–H groups in total. The summed E-state index contributed by atoms with van der Waals surface area (Å²) in [6.07, 6.45) is 0.658. The van der Waals surface area contributed by atoms with Gasteiger partial charge in [0.1, 0.15) is 5.54 Å². The van der Waals surface area contributed by atoms with Gasteiger partial charge in [-0.15, -0.1) is 0 Å². The summed E-state index contributed by atoms with van der Waals surface area (Å²) in [7, 11) is 0. The maximum absolute atomic E-state index is 9.44. The quantitative estimate of drug-likeness (QED) is 0.800. The minimum atomic E-state index is -0.492. The summed E-state index contributed by atoms with van der Waals surface area (Å²) in [5.74, 6) is 0. The van der Waals surface area contributed by atoms with Gasteiger partial charge in [-0.05, 0) is 31.6 Å². The molecule has 0 saturated heterocycles. The SMILES string of the molecule is CCN(CC)C(C)(C#N)Cc1ccccc1Cl. The van der Waals surface area contributed by atoms with Gasteiger partial charge < -0.3 is 0 Å². The third-order valence-corrected chi connectivity index (χ3v) is 3.56. The lowest BCUT2D eigenvalue weighted by molar-refractivity contribution is 0.169. The standard InChI is InChI=1S/C14H19ClN2/c1-4-17(5-2)14(3,11-16)10-12-8-6-7-9-13(12)15/h6-9H,4-5,10H2,1-3H3. The van der Waals surface area contributed by atoms with Crippen LogP contribution < -0.4 is 0 Å². The first kappa shape index (κ1) is 14.0. The summed E-state index contributed by atoms with van der Waals surface area (Å²) >= 11 is 6.15. The molecule has 1 atom stereocenters. The average Bonchev–Trinajstić information content (AvgIpc) is 2.33. The molecule has 0 bridgehead atoms. The Morgan fingerprint density at radius 2 is 1.88 bits per heavy atom. The predicted molar refractivity (Wildman–Crippen MR) is 72.1 cm³/mol. The Balaban J connectivity index is 2.98. The van der Waals surface area contributed by atoms with E-state index in [0.29, 0.717) is 6.42 Å². The molecule has 0 aliphatic heterocycles. The van der Waals surface area contributed by atoms with Crippen LogP contribution in [0.2, 0.25) is 5.02 Å². The van der Waals surface area contributed by atoms with Crippen LogP contribution in [-0.4, -0.2) is 23.5 Å². The topological polar surface area (TPSA) is 27.0 Å². The summed E-state index contributed by atoms with van der Waals surface area (Å²) in [5.41, 5.74) is 0.541. The van der Waals surface area contributed by atoms with Gasteiger partial charge in [-0.2, -0.15) is 5.26 Å². The van der Waals surface area contributed by atoms with E-state index < -0.39 is 5.54 Å². The zero-order valence-corrected chi connectivity index (χ0v) is 11.5. The van der Waals surface area contributed by atoms with Crippen molar-refractivity contribution in [2.45, 2.75) is 32.7 Å². The van der Waals surface area contributed by atoms with Crippen LogP contribution in [0.3, 0.4) is 0 Å². The molecule has 2 nitrogen and oxygen atoms in total. The molecule has 0 heterocycles. The number of rotatable bonds is 5. The van der Waals surface area contributed by atoms with Crippen LogP contribution in [0, 0.1) is 11.3 Å². The van der Waals surface area contributed by atoms with Gasteiger partial charge in [-0.3, -0.25) is 4.90 Å². The van der Waals surface area contributed by atoms with E-state index in [-0.39, 0.29) is 0 Å². The van der Waals surface area contributed by atoms with Crippen LogP contribution in [0.5, 0.6) is 0 Å². The molecule has 0 fully saturated rings. The molecule has 92 valence electrons. The highest BCUT2D eigenvalue weighted by atomic mass is 35.5. The first-order valence-electron chi connectivity index (χ1n) is 5.97. The van der Waals surface area contributed by atoms with E-state index in [1.807, 2.05) is 31.2 Å². The molecule has 17 heavy (non-hydrogen) atoms. The van der Waals surface area contributed by atoms with Gasteiger partial charge in [0.05, 0.1) is 6.07 Å². The molecule has 0 spiro atoms. The minimum absolute atomic E-state index is 0.492. The summed E-state index contributed by atoms with van der Waals surface area (Å²) in [6.45, 7) is 7.86. The van der Waals surface area contributed by atoms with E-state index >= 15 is 0 Å². The van der Waals surface area contributed by atoms with Gasteiger partial charge in [0.2, 0.25) is 0 Å². The molecule has 1 unspecified atom stereocenters. The maximum Gasteiger partial charge on any atom is 0.110 e. The van der Waals surface area contributed by atoms with Gasteiger partial charge in [0.15, 0.2) is 0 Å². The van der Waals surface area contributed by atoms with Gasteiger partial charge in [-0.25, -0.2) is 0 Å². The number of benzene rings is 1. The number of likely N-dealkylation sites (N-methyl/N-ethyl adjacent to an activating group) is 1. The largest absolute Gasteiger partial charge is 0.286 e. The average molecular weight is 251 g/mol. The summed E-state index contributed by atoms with van der Waals surface area (Å²) in [4.78, 5) is 2.16. The molecule has 0 aromatic heterocycles. The zero-order chi connectivity index (χ0) is 12.9. The molecule has 1 rings (SSSR count). The minimum Gasteiger partial charge on any atom is -0.286 e. The molecule has 1 aromatic rings. The molecule has 0 amide bonds. The molecule has 0 aliphatic rings. The van der Waals surface area contributed by atoms with Gasteiger partial charge in [0.25, 0.3) is 0 Å². The Morgan fingerprint density at radius 1 is 1.29 bits per heavy atom. The highest BCUT2D eigenvalue weighted by Crippen LogP contribution is 2.24. The van der Waals surface area contributed by atoms with Crippen molar-refractivity contribution in [1.82, 2.24) is 4.90 Å². The van der Waals surface area contributed by atoms with Crippen LogP contribution in [0.15, 0.2) is 24.3 Å². The number of nitriles is 1. The summed E-state index contributed by atoms with van der Waals surface area (Å²) in [6, 6.07) is 10.2. The third kappa shape index (κ3) is 3.21. The van der Waals surface area contributed by atoms with Crippen LogP contribution in [0.4, 0.5) is 0 Å². The molecule has 0 radical (unpaired) electrons. The van der Waals surface area contributed by atoms with Gasteiger partial charge in [-0.1, -0.05) is 43.6 Å². The van der Waals surface area contributed by atoms with Gasteiger partial charge >= 0.3 is 0 Å². The highest BCUT2D eigenvalue weighted by Gasteiger charge is 2.30. The lowest BCUT2D eigenvalue weighted by Crippen LogP contribution is -2.46. The van der Waals surface area contributed by atoms with E-state index in [1.54, 1.807) is 0 Å². The third-order valence-electron chi connectivity index (χ3n) is 3.19. The van der Waals surface area contributed by atoms with Gasteiger partial charge in [0, 0.05) is 11.4 Å². The Bertz CT molecular complexity index is 407. The number of halogens is 1.